The molecule has 10 heteroatoms. The van der Waals surface area contributed by atoms with E-state index in [1.165, 1.54) is 23.6 Å². The van der Waals surface area contributed by atoms with Crippen molar-refractivity contribution in [3.63, 3.8) is 0 Å². The fourth-order valence-corrected chi connectivity index (χ4v) is 4.03. The summed E-state index contributed by atoms with van der Waals surface area (Å²) in [5.41, 5.74) is -0.0500. The predicted octanol–water partition coefficient (Wildman–Crippen LogP) is 5.25. The Kier molecular flexibility index (Phi) is 5.00. The molecule has 0 aliphatic carbocycles. The Labute approximate surface area is 171 Å². The molecule has 0 radical (unpaired) electrons. The molecule has 0 aliphatic rings. The van der Waals surface area contributed by atoms with Gasteiger partial charge >= 0.3 is 12.5 Å². The fraction of sp³-hybridized carbons (Fsp3) is 0.0500. The summed E-state index contributed by atoms with van der Waals surface area (Å²) in [5, 5.41) is 13.4. The lowest BCUT2D eigenvalue weighted by molar-refractivity contribution is 0.0694. The fourth-order valence-electron chi connectivity index (χ4n) is 3.05. The van der Waals surface area contributed by atoms with Gasteiger partial charge in [0.25, 0.3) is 5.91 Å². The number of carbonyl (C=O) groups excluding carboxylic acids is 1. The van der Waals surface area contributed by atoms with Crippen LogP contribution >= 0.6 is 11.3 Å². The average molecular weight is 431 g/mol. The lowest BCUT2D eigenvalue weighted by Gasteiger charge is -2.08. The van der Waals surface area contributed by atoms with Crippen LogP contribution in [0.15, 0.2) is 53.9 Å². The molecular weight excluding hydrogens is 419 g/mol. The zero-order valence-electron chi connectivity index (χ0n) is 15.0. The summed E-state index contributed by atoms with van der Waals surface area (Å²) in [5.74, 6) is -3.00. The highest BCUT2D eigenvalue weighted by molar-refractivity contribution is 7.14. The van der Waals surface area contributed by atoms with E-state index in [4.69, 9.17) is 0 Å². The van der Waals surface area contributed by atoms with Crippen LogP contribution in [0, 0.1) is 5.82 Å². The third kappa shape index (κ3) is 3.41. The molecule has 0 atom stereocenters. The second-order valence-corrected chi connectivity index (χ2v) is 7.07. The van der Waals surface area contributed by atoms with Crippen LogP contribution in [0.4, 0.5) is 18.9 Å². The van der Waals surface area contributed by atoms with Gasteiger partial charge in [0, 0.05) is 10.9 Å². The molecule has 2 heterocycles. The Morgan fingerprint density at radius 3 is 2.60 bits per heavy atom. The van der Waals surface area contributed by atoms with E-state index in [-0.39, 0.29) is 38.5 Å². The Morgan fingerprint density at radius 2 is 1.90 bits per heavy atom. The first kappa shape index (κ1) is 19.6. The van der Waals surface area contributed by atoms with Gasteiger partial charge in [0.2, 0.25) is 0 Å². The summed E-state index contributed by atoms with van der Waals surface area (Å²) < 4.78 is 41.5. The first-order valence-electron chi connectivity index (χ1n) is 8.54. The first-order valence-corrected chi connectivity index (χ1v) is 9.42. The lowest BCUT2D eigenvalue weighted by Crippen LogP contribution is -2.14. The molecule has 4 aromatic rings. The average Bonchev–Trinajstić information content (AvgIpc) is 3.29. The van der Waals surface area contributed by atoms with Crippen molar-refractivity contribution in [3.05, 3.63) is 70.9 Å². The Morgan fingerprint density at radius 1 is 1.13 bits per heavy atom. The van der Waals surface area contributed by atoms with Crippen molar-refractivity contribution in [3.8, 4) is 10.7 Å². The zero-order chi connectivity index (χ0) is 21.4. The first-order chi connectivity index (χ1) is 14.4. The molecular formula is C20H12F3N3O3S. The minimum absolute atomic E-state index is 0.0149. The minimum atomic E-state index is -2.96. The highest BCUT2D eigenvalue weighted by Gasteiger charge is 2.27. The number of anilines is 1. The number of alkyl halides is 2. The van der Waals surface area contributed by atoms with E-state index >= 15 is 0 Å². The molecule has 30 heavy (non-hydrogen) atoms. The predicted molar refractivity (Wildman–Crippen MR) is 106 cm³/mol. The normalized spacial score (nSPS) is 11.2. The highest BCUT2D eigenvalue weighted by Crippen LogP contribution is 2.39. The number of hydrogen-bond acceptors (Lipinski definition) is 4. The smallest absolute Gasteiger partial charge is 0.339 e. The lowest BCUT2D eigenvalue weighted by atomic mass is 10.1. The number of rotatable bonds is 5. The van der Waals surface area contributed by atoms with E-state index in [0.29, 0.717) is 4.57 Å². The topological polar surface area (TPSA) is 84.2 Å². The molecule has 0 aliphatic heterocycles. The second kappa shape index (κ2) is 7.64. The van der Waals surface area contributed by atoms with Gasteiger partial charge in [-0.2, -0.15) is 8.78 Å². The van der Waals surface area contributed by atoms with Crippen LogP contribution in [0.2, 0.25) is 0 Å². The summed E-state index contributed by atoms with van der Waals surface area (Å²) in [6.07, 6.45) is 0. The summed E-state index contributed by atoms with van der Waals surface area (Å²) in [6, 6.07) is 11.1. The van der Waals surface area contributed by atoms with E-state index < -0.39 is 24.2 Å². The van der Waals surface area contributed by atoms with Gasteiger partial charge < -0.3 is 10.4 Å². The number of carboxylic acid groups (broad SMARTS) is 1. The van der Waals surface area contributed by atoms with Crippen LogP contribution in [0.1, 0.15) is 27.3 Å². The van der Waals surface area contributed by atoms with Crippen LogP contribution in [0.25, 0.3) is 21.7 Å². The number of carboxylic acids is 1. The van der Waals surface area contributed by atoms with Crippen molar-refractivity contribution in [2.75, 3.05) is 5.32 Å². The van der Waals surface area contributed by atoms with Gasteiger partial charge in [-0.15, -0.1) is 11.3 Å². The number of amides is 1. The van der Waals surface area contributed by atoms with Gasteiger partial charge in [0.15, 0.2) is 5.82 Å². The van der Waals surface area contributed by atoms with E-state index in [0.717, 1.165) is 23.5 Å². The SMILES string of the molecule is O=C(Nc1csc(-c2nc3ccccc3n2C(F)F)c1C(=O)O)c1cccc(F)c1. The number of imidazole rings is 1. The van der Waals surface area contributed by atoms with Gasteiger partial charge in [-0.1, -0.05) is 18.2 Å². The second-order valence-electron chi connectivity index (χ2n) is 6.19. The maximum Gasteiger partial charge on any atom is 0.339 e. The summed E-state index contributed by atoms with van der Waals surface area (Å²) in [4.78, 5) is 28.5. The molecule has 0 unspecified atom stereocenters. The molecule has 0 fully saturated rings. The molecule has 1 amide bonds. The molecule has 6 nitrogen and oxygen atoms in total. The van der Waals surface area contributed by atoms with E-state index in [9.17, 15) is 27.9 Å². The van der Waals surface area contributed by atoms with Crippen molar-refractivity contribution in [2.45, 2.75) is 6.55 Å². The van der Waals surface area contributed by atoms with Gasteiger partial charge in [-0.05, 0) is 30.3 Å². The number of aromatic nitrogens is 2. The number of nitrogens with one attached hydrogen (secondary N) is 1. The number of benzene rings is 2. The third-order valence-corrected chi connectivity index (χ3v) is 5.31. The van der Waals surface area contributed by atoms with Crippen molar-refractivity contribution in [2.24, 2.45) is 0 Å². The Balaban J connectivity index is 1.81. The standard InChI is InChI=1S/C20H12F3N3O3S/c21-11-5-3-4-10(8-11)18(27)25-13-9-30-16(15(13)19(28)29)17-24-12-6-1-2-7-14(12)26(17)20(22)23/h1-9,20H,(H,25,27)(H,28,29). The quantitative estimate of drug-likeness (QED) is 0.452. The van der Waals surface area contributed by atoms with Crippen molar-refractivity contribution in [1.82, 2.24) is 9.55 Å². The molecule has 2 N–H and O–H groups in total. The molecule has 2 aromatic heterocycles. The highest BCUT2D eigenvalue weighted by atomic mass is 32.1. The number of carbonyl (C=O) groups is 2. The van der Waals surface area contributed by atoms with Gasteiger partial charge in [0.1, 0.15) is 11.4 Å². The van der Waals surface area contributed by atoms with Gasteiger partial charge in [0.05, 0.1) is 21.6 Å². The van der Waals surface area contributed by atoms with Crippen LogP contribution in [0.5, 0.6) is 0 Å². The number of nitrogens with zero attached hydrogens (tertiary/aromatic N) is 2. The maximum atomic E-state index is 13.8. The number of para-hydroxylation sites is 2. The Hall–Kier alpha value is -3.66. The van der Waals surface area contributed by atoms with Crippen LogP contribution in [0.3, 0.4) is 0 Å². The summed E-state index contributed by atoms with van der Waals surface area (Å²) in [7, 11) is 0. The molecule has 152 valence electrons. The number of thiophene rings is 1. The molecule has 0 saturated carbocycles. The number of hydrogen-bond donors (Lipinski definition) is 2. The number of fused-ring (bicyclic) bond motifs is 1. The van der Waals surface area contributed by atoms with Crippen molar-refractivity contribution in [1.29, 1.82) is 0 Å². The monoisotopic (exact) mass is 431 g/mol. The number of halogens is 3. The van der Waals surface area contributed by atoms with Crippen LogP contribution in [-0.2, 0) is 0 Å². The molecule has 2 aromatic carbocycles. The van der Waals surface area contributed by atoms with Gasteiger partial charge in [-0.3, -0.25) is 9.36 Å². The van der Waals surface area contributed by atoms with Crippen LogP contribution in [-0.4, -0.2) is 26.5 Å². The number of aromatic carboxylic acids is 1. The zero-order valence-corrected chi connectivity index (χ0v) is 15.8. The Bertz CT molecular complexity index is 1280. The molecule has 0 bridgehead atoms. The largest absolute Gasteiger partial charge is 0.478 e. The molecule has 0 saturated heterocycles. The minimum Gasteiger partial charge on any atom is -0.478 e. The van der Waals surface area contributed by atoms with E-state index in [2.05, 4.69) is 10.3 Å². The summed E-state index contributed by atoms with van der Waals surface area (Å²) in [6.45, 7) is -2.96. The molecule has 4 rings (SSSR count). The van der Waals surface area contributed by atoms with Crippen LogP contribution < -0.4 is 5.32 Å². The van der Waals surface area contributed by atoms with E-state index in [1.54, 1.807) is 18.2 Å². The van der Waals surface area contributed by atoms with Gasteiger partial charge in [-0.25, -0.2) is 14.2 Å². The summed E-state index contributed by atoms with van der Waals surface area (Å²) >= 11 is 0.858. The van der Waals surface area contributed by atoms with Crippen molar-refractivity contribution >= 4 is 39.9 Å². The van der Waals surface area contributed by atoms with E-state index in [1.807, 2.05) is 0 Å². The molecule has 0 spiro atoms. The third-order valence-electron chi connectivity index (χ3n) is 4.33. The maximum absolute atomic E-state index is 13.8. The van der Waals surface area contributed by atoms with Crippen molar-refractivity contribution < 1.29 is 27.9 Å².